The second-order valence-corrected chi connectivity index (χ2v) is 9.17. The zero-order valence-corrected chi connectivity index (χ0v) is 16.6. The van der Waals surface area contributed by atoms with E-state index < -0.39 is 10.0 Å². The van der Waals surface area contributed by atoms with Crippen LogP contribution in [0.2, 0.25) is 0 Å². The first-order valence-corrected chi connectivity index (χ1v) is 11.4. The number of hydrogen-bond donors (Lipinski definition) is 2. The van der Waals surface area contributed by atoms with Gasteiger partial charge in [-0.1, -0.05) is 6.42 Å². The molecule has 0 bridgehead atoms. The van der Waals surface area contributed by atoms with Gasteiger partial charge in [0.25, 0.3) is 5.91 Å². The minimum Gasteiger partial charge on any atom is -0.371 e. The van der Waals surface area contributed by atoms with Crippen LogP contribution in [0, 0.1) is 0 Å². The molecule has 1 aromatic rings. The molecule has 0 atom stereocenters. The molecule has 0 unspecified atom stereocenters. The Labute approximate surface area is 161 Å². The normalized spacial score (nSPS) is 18.6. The number of piperidine rings is 1. The van der Waals surface area contributed by atoms with E-state index in [9.17, 15) is 13.2 Å². The minimum absolute atomic E-state index is 0.205. The number of sulfonamides is 1. The van der Waals surface area contributed by atoms with Crippen molar-refractivity contribution in [2.24, 2.45) is 5.73 Å². The van der Waals surface area contributed by atoms with E-state index in [4.69, 9.17) is 5.73 Å². The monoisotopic (exact) mass is 394 g/mol. The topological polar surface area (TPSA) is 95.7 Å². The van der Waals surface area contributed by atoms with Crippen LogP contribution in [0.1, 0.15) is 48.9 Å². The summed E-state index contributed by atoms with van der Waals surface area (Å²) in [7, 11) is -3.57. The van der Waals surface area contributed by atoms with Gasteiger partial charge >= 0.3 is 0 Å². The second kappa shape index (κ2) is 9.03. The molecule has 0 aromatic heterocycles. The van der Waals surface area contributed by atoms with Crippen molar-refractivity contribution >= 4 is 21.6 Å². The van der Waals surface area contributed by atoms with Crippen molar-refractivity contribution < 1.29 is 13.2 Å². The molecule has 2 aliphatic heterocycles. The van der Waals surface area contributed by atoms with Gasteiger partial charge in [-0.3, -0.25) is 4.79 Å². The van der Waals surface area contributed by atoms with E-state index >= 15 is 0 Å². The summed E-state index contributed by atoms with van der Waals surface area (Å²) < 4.78 is 27.6. The molecule has 1 amide bonds. The fourth-order valence-corrected chi connectivity index (χ4v) is 5.29. The van der Waals surface area contributed by atoms with Crippen LogP contribution in [0.15, 0.2) is 23.1 Å². The SMILES string of the molecule is NCCCNC(=O)c1cc(S(=O)(=O)N2CCCCC2)ccc1N1CCCC1. The molecule has 2 fully saturated rings. The molecule has 0 saturated carbocycles. The maximum absolute atomic E-state index is 13.0. The summed E-state index contributed by atoms with van der Waals surface area (Å²) >= 11 is 0. The van der Waals surface area contributed by atoms with Gasteiger partial charge in [-0.2, -0.15) is 4.31 Å². The largest absolute Gasteiger partial charge is 0.371 e. The second-order valence-electron chi connectivity index (χ2n) is 7.24. The van der Waals surface area contributed by atoms with Crippen molar-refractivity contribution in [2.75, 3.05) is 44.2 Å². The van der Waals surface area contributed by atoms with E-state index in [2.05, 4.69) is 10.2 Å². The van der Waals surface area contributed by atoms with Crippen molar-refractivity contribution in [3.05, 3.63) is 23.8 Å². The highest BCUT2D eigenvalue weighted by atomic mass is 32.2. The number of nitrogens with two attached hydrogens (primary N) is 1. The van der Waals surface area contributed by atoms with Crippen LogP contribution in [-0.2, 0) is 10.0 Å². The van der Waals surface area contributed by atoms with Crippen LogP contribution >= 0.6 is 0 Å². The third kappa shape index (κ3) is 4.62. The Morgan fingerprint density at radius 2 is 1.70 bits per heavy atom. The highest BCUT2D eigenvalue weighted by Crippen LogP contribution is 2.29. The van der Waals surface area contributed by atoms with Gasteiger partial charge in [0, 0.05) is 38.4 Å². The van der Waals surface area contributed by atoms with Crippen molar-refractivity contribution in [3.63, 3.8) is 0 Å². The summed E-state index contributed by atoms with van der Waals surface area (Å²) in [5.41, 5.74) is 6.75. The highest BCUT2D eigenvalue weighted by Gasteiger charge is 2.28. The minimum atomic E-state index is -3.57. The molecule has 0 spiro atoms. The summed E-state index contributed by atoms with van der Waals surface area (Å²) in [6, 6.07) is 4.99. The fourth-order valence-electron chi connectivity index (χ4n) is 3.74. The number of amides is 1. The van der Waals surface area contributed by atoms with Gasteiger partial charge in [0.2, 0.25) is 10.0 Å². The molecule has 7 nitrogen and oxygen atoms in total. The van der Waals surface area contributed by atoms with Crippen LogP contribution in [-0.4, -0.2) is 57.9 Å². The smallest absolute Gasteiger partial charge is 0.253 e. The van der Waals surface area contributed by atoms with Crippen molar-refractivity contribution in [2.45, 2.75) is 43.4 Å². The molecular weight excluding hydrogens is 364 g/mol. The predicted octanol–water partition coefficient (Wildman–Crippen LogP) is 1.54. The standard InChI is InChI=1S/C19H30N4O3S/c20-9-6-10-21-19(24)17-15-16(7-8-18(17)22-11-4-5-12-22)27(25,26)23-13-2-1-3-14-23/h7-8,15H,1-6,9-14,20H2,(H,21,24). The molecule has 0 aliphatic carbocycles. The Bertz CT molecular complexity index is 754. The van der Waals surface area contributed by atoms with E-state index in [1.54, 1.807) is 18.2 Å². The van der Waals surface area contributed by atoms with Crippen LogP contribution in [0.25, 0.3) is 0 Å². The Kier molecular flexibility index (Phi) is 6.73. The molecule has 27 heavy (non-hydrogen) atoms. The van der Waals surface area contributed by atoms with Crippen LogP contribution in [0.4, 0.5) is 5.69 Å². The van der Waals surface area contributed by atoms with Gasteiger partial charge in [0.05, 0.1) is 10.5 Å². The lowest BCUT2D eigenvalue weighted by molar-refractivity contribution is 0.0954. The number of hydrogen-bond acceptors (Lipinski definition) is 5. The molecule has 150 valence electrons. The molecule has 2 saturated heterocycles. The number of nitrogens with one attached hydrogen (secondary N) is 1. The number of carbonyl (C=O) groups is 1. The molecule has 2 aliphatic rings. The van der Waals surface area contributed by atoms with Crippen LogP contribution in [0.5, 0.6) is 0 Å². The number of anilines is 1. The van der Waals surface area contributed by atoms with Crippen molar-refractivity contribution in [1.29, 1.82) is 0 Å². The quantitative estimate of drug-likeness (QED) is 0.684. The zero-order chi connectivity index (χ0) is 19.3. The van der Waals surface area contributed by atoms with E-state index in [0.29, 0.717) is 38.2 Å². The first-order valence-electron chi connectivity index (χ1n) is 9.91. The lowest BCUT2D eigenvalue weighted by Crippen LogP contribution is -2.36. The fraction of sp³-hybridized carbons (Fsp3) is 0.632. The highest BCUT2D eigenvalue weighted by molar-refractivity contribution is 7.89. The molecule has 3 rings (SSSR count). The predicted molar refractivity (Wildman–Crippen MR) is 107 cm³/mol. The third-order valence-electron chi connectivity index (χ3n) is 5.28. The number of carbonyl (C=O) groups excluding carboxylic acids is 1. The summed E-state index contributed by atoms with van der Waals surface area (Å²) in [5, 5.41) is 2.87. The van der Waals surface area contributed by atoms with E-state index in [-0.39, 0.29) is 10.8 Å². The molecule has 1 aromatic carbocycles. The summed E-state index contributed by atoms with van der Waals surface area (Å²) in [5.74, 6) is -0.235. The molecule has 0 radical (unpaired) electrons. The van der Waals surface area contributed by atoms with Gasteiger partial charge in [0.1, 0.15) is 0 Å². The first-order chi connectivity index (χ1) is 13.0. The Balaban J connectivity index is 1.91. The molecule has 8 heteroatoms. The van der Waals surface area contributed by atoms with Gasteiger partial charge in [-0.15, -0.1) is 0 Å². The molecule has 3 N–H and O–H groups in total. The van der Waals surface area contributed by atoms with Gasteiger partial charge in [-0.25, -0.2) is 8.42 Å². The van der Waals surface area contributed by atoms with E-state index in [1.165, 1.54) is 4.31 Å². The molecular formula is C19H30N4O3S. The maximum atomic E-state index is 13.0. The summed E-state index contributed by atoms with van der Waals surface area (Å²) in [4.78, 5) is 15.1. The average Bonchev–Trinajstić information content (AvgIpc) is 3.23. The van der Waals surface area contributed by atoms with Crippen LogP contribution < -0.4 is 16.0 Å². The summed E-state index contributed by atoms with van der Waals surface area (Å²) in [6.45, 7) is 3.87. The van der Waals surface area contributed by atoms with Gasteiger partial charge in [-0.05, 0) is 56.8 Å². The maximum Gasteiger partial charge on any atom is 0.253 e. The van der Waals surface area contributed by atoms with Gasteiger partial charge in [0.15, 0.2) is 0 Å². The zero-order valence-electron chi connectivity index (χ0n) is 15.8. The van der Waals surface area contributed by atoms with E-state index in [1.807, 2.05) is 0 Å². The first kappa shape index (κ1) is 20.1. The number of nitrogens with zero attached hydrogens (tertiary/aromatic N) is 2. The third-order valence-corrected chi connectivity index (χ3v) is 7.17. The van der Waals surface area contributed by atoms with E-state index in [0.717, 1.165) is 50.9 Å². The Morgan fingerprint density at radius 1 is 1.04 bits per heavy atom. The van der Waals surface area contributed by atoms with Gasteiger partial charge < -0.3 is 16.0 Å². The summed E-state index contributed by atoms with van der Waals surface area (Å²) in [6.07, 6.45) is 5.70. The number of rotatable bonds is 7. The Morgan fingerprint density at radius 3 is 2.37 bits per heavy atom. The van der Waals surface area contributed by atoms with Crippen LogP contribution in [0.3, 0.4) is 0 Å². The average molecular weight is 395 g/mol. The lowest BCUT2D eigenvalue weighted by atomic mass is 10.1. The molecule has 2 heterocycles. The van der Waals surface area contributed by atoms with Crippen molar-refractivity contribution in [3.8, 4) is 0 Å². The number of benzene rings is 1. The van der Waals surface area contributed by atoms with Crippen molar-refractivity contribution in [1.82, 2.24) is 9.62 Å². The lowest BCUT2D eigenvalue weighted by Gasteiger charge is -2.27. The Hall–Kier alpha value is -1.64.